The maximum atomic E-state index is 11.5. The Morgan fingerprint density at radius 2 is 1.75 bits per heavy atom. The first-order valence-electron chi connectivity index (χ1n) is 6.19. The fourth-order valence-corrected chi connectivity index (χ4v) is 2.89. The summed E-state index contributed by atoms with van der Waals surface area (Å²) >= 11 is 0. The molecular formula is C11H26N2O2S. The van der Waals surface area contributed by atoms with E-state index in [1.165, 1.54) is 0 Å². The molecule has 0 aromatic heterocycles. The fraction of sp³-hybridized carbons (Fsp3) is 1.00. The Bertz CT molecular complexity index is 253. The molecule has 0 aliphatic heterocycles. The van der Waals surface area contributed by atoms with Crippen LogP contribution >= 0.6 is 0 Å². The van der Waals surface area contributed by atoms with Crippen molar-refractivity contribution < 1.29 is 8.42 Å². The monoisotopic (exact) mass is 250 g/mol. The minimum absolute atomic E-state index is 0.292. The van der Waals surface area contributed by atoms with Crippen molar-refractivity contribution in [1.29, 1.82) is 0 Å². The van der Waals surface area contributed by atoms with Crippen LogP contribution in [0.4, 0.5) is 0 Å². The number of hydrogen-bond donors (Lipinski definition) is 1. The van der Waals surface area contributed by atoms with E-state index in [1.807, 2.05) is 6.92 Å². The van der Waals surface area contributed by atoms with E-state index in [4.69, 9.17) is 0 Å². The highest BCUT2D eigenvalue weighted by molar-refractivity contribution is 7.91. The third-order valence-corrected chi connectivity index (χ3v) is 4.37. The van der Waals surface area contributed by atoms with E-state index in [9.17, 15) is 8.42 Å². The Labute approximate surface area is 100 Å². The Balaban J connectivity index is 3.85. The van der Waals surface area contributed by atoms with Crippen molar-refractivity contribution in [2.45, 2.75) is 27.2 Å². The molecule has 98 valence electrons. The Kier molecular flexibility index (Phi) is 8.89. The fourth-order valence-electron chi connectivity index (χ4n) is 1.52. The molecule has 0 radical (unpaired) electrons. The van der Waals surface area contributed by atoms with Crippen molar-refractivity contribution in [3.05, 3.63) is 0 Å². The second kappa shape index (κ2) is 8.96. The van der Waals surface area contributed by atoms with E-state index in [0.29, 0.717) is 24.5 Å². The lowest BCUT2D eigenvalue weighted by atomic mass is 10.4. The standard InChI is InChI=1S/C11H26N2O2S/c1-4-10-16(14,15)11-9-13(6-3)8-7-12-5-2/h12H,4-11H2,1-3H3. The average Bonchev–Trinajstić information content (AvgIpc) is 2.23. The van der Waals surface area contributed by atoms with Gasteiger partial charge in [-0.2, -0.15) is 0 Å². The first-order chi connectivity index (χ1) is 7.55. The van der Waals surface area contributed by atoms with Gasteiger partial charge in [0.05, 0.1) is 5.75 Å². The molecule has 0 saturated carbocycles. The normalized spacial score (nSPS) is 12.2. The van der Waals surface area contributed by atoms with Crippen LogP contribution in [0.3, 0.4) is 0 Å². The lowest BCUT2D eigenvalue weighted by molar-refractivity contribution is 0.304. The third kappa shape index (κ3) is 8.07. The van der Waals surface area contributed by atoms with Crippen molar-refractivity contribution in [3.8, 4) is 0 Å². The van der Waals surface area contributed by atoms with Gasteiger partial charge in [0.2, 0.25) is 0 Å². The van der Waals surface area contributed by atoms with Gasteiger partial charge >= 0.3 is 0 Å². The minimum Gasteiger partial charge on any atom is -0.316 e. The summed E-state index contributed by atoms with van der Waals surface area (Å²) in [4.78, 5) is 2.18. The second-order valence-electron chi connectivity index (χ2n) is 3.94. The molecule has 0 heterocycles. The second-order valence-corrected chi connectivity index (χ2v) is 6.24. The Morgan fingerprint density at radius 3 is 2.25 bits per heavy atom. The highest BCUT2D eigenvalue weighted by atomic mass is 32.2. The molecular weight excluding hydrogens is 224 g/mol. The van der Waals surface area contributed by atoms with Gasteiger partial charge in [-0.15, -0.1) is 0 Å². The molecule has 1 N–H and O–H groups in total. The molecule has 0 spiro atoms. The first kappa shape index (κ1) is 15.9. The number of likely N-dealkylation sites (N-methyl/N-ethyl adjacent to an activating group) is 2. The molecule has 0 bridgehead atoms. The van der Waals surface area contributed by atoms with Gasteiger partial charge < -0.3 is 10.2 Å². The van der Waals surface area contributed by atoms with Gasteiger partial charge in [0.25, 0.3) is 0 Å². The van der Waals surface area contributed by atoms with E-state index in [0.717, 1.165) is 26.2 Å². The highest BCUT2D eigenvalue weighted by Crippen LogP contribution is 1.96. The van der Waals surface area contributed by atoms with Gasteiger partial charge in [0.15, 0.2) is 9.84 Å². The molecule has 0 unspecified atom stereocenters. The summed E-state index contributed by atoms with van der Waals surface area (Å²) < 4.78 is 23.1. The Morgan fingerprint density at radius 1 is 1.06 bits per heavy atom. The van der Waals surface area contributed by atoms with Crippen molar-refractivity contribution in [2.75, 3.05) is 44.2 Å². The van der Waals surface area contributed by atoms with Crippen LogP contribution in [-0.2, 0) is 9.84 Å². The maximum Gasteiger partial charge on any atom is 0.151 e. The topological polar surface area (TPSA) is 49.4 Å². The summed E-state index contributed by atoms with van der Waals surface area (Å²) in [6.07, 6.45) is 0.714. The summed E-state index contributed by atoms with van der Waals surface area (Å²) in [5.74, 6) is 0.610. The van der Waals surface area contributed by atoms with Gasteiger partial charge in [-0.1, -0.05) is 20.8 Å². The van der Waals surface area contributed by atoms with Crippen molar-refractivity contribution in [1.82, 2.24) is 10.2 Å². The summed E-state index contributed by atoms with van der Waals surface area (Å²) in [5, 5.41) is 3.24. The van der Waals surface area contributed by atoms with Crippen molar-refractivity contribution >= 4 is 9.84 Å². The van der Waals surface area contributed by atoms with Gasteiger partial charge in [0, 0.05) is 25.4 Å². The van der Waals surface area contributed by atoms with Gasteiger partial charge in [-0.3, -0.25) is 0 Å². The molecule has 0 aromatic rings. The maximum absolute atomic E-state index is 11.5. The lowest BCUT2D eigenvalue weighted by Crippen LogP contribution is -2.35. The van der Waals surface area contributed by atoms with Crippen molar-refractivity contribution in [3.63, 3.8) is 0 Å². The quantitative estimate of drug-likeness (QED) is 0.581. The number of rotatable bonds is 10. The number of hydrogen-bond acceptors (Lipinski definition) is 4. The van der Waals surface area contributed by atoms with Crippen LogP contribution < -0.4 is 5.32 Å². The van der Waals surface area contributed by atoms with E-state index in [2.05, 4.69) is 24.1 Å². The molecule has 0 aliphatic rings. The zero-order valence-electron chi connectivity index (χ0n) is 10.8. The van der Waals surface area contributed by atoms with E-state index in [1.54, 1.807) is 0 Å². The molecule has 0 fully saturated rings. The SMILES string of the molecule is CCCS(=O)(=O)CCN(CC)CCNCC. The predicted octanol–water partition coefficient (Wildman–Crippen LogP) is 0.743. The van der Waals surface area contributed by atoms with E-state index >= 15 is 0 Å². The summed E-state index contributed by atoms with van der Waals surface area (Å²) in [5.41, 5.74) is 0. The predicted molar refractivity (Wildman–Crippen MR) is 69.6 cm³/mol. The van der Waals surface area contributed by atoms with Gasteiger partial charge in [0.1, 0.15) is 0 Å². The van der Waals surface area contributed by atoms with Crippen LogP contribution in [0.15, 0.2) is 0 Å². The Hall–Kier alpha value is -0.130. The average molecular weight is 250 g/mol. The lowest BCUT2D eigenvalue weighted by Gasteiger charge is -2.20. The molecule has 0 aromatic carbocycles. The third-order valence-electron chi connectivity index (χ3n) is 2.54. The zero-order chi connectivity index (χ0) is 12.4. The summed E-state index contributed by atoms with van der Waals surface area (Å²) in [7, 11) is -2.83. The molecule has 0 saturated heterocycles. The largest absolute Gasteiger partial charge is 0.316 e. The summed E-state index contributed by atoms with van der Waals surface area (Å²) in [6, 6.07) is 0. The minimum atomic E-state index is -2.83. The number of sulfone groups is 1. The highest BCUT2D eigenvalue weighted by Gasteiger charge is 2.11. The van der Waals surface area contributed by atoms with E-state index in [-0.39, 0.29) is 0 Å². The van der Waals surface area contributed by atoms with Crippen LogP contribution in [0.25, 0.3) is 0 Å². The molecule has 0 rings (SSSR count). The van der Waals surface area contributed by atoms with Crippen LogP contribution in [0.5, 0.6) is 0 Å². The summed E-state index contributed by atoms with van der Waals surface area (Å²) in [6.45, 7) is 10.4. The molecule has 0 aliphatic carbocycles. The molecule has 0 atom stereocenters. The van der Waals surface area contributed by atoms with Crippen LogP contribution in [-0.4, -0.2) is 57.5 Å². The van der Waals surface area contributed by atoms with Crippen LogP contribution in [0.1, 0.15) is 27.2 Å². The first-order valence-corrected chi connectivity index (χ1v) is 8.01. The van der Waals surface area contributed by atoms with Gasteiger partial charge in [-0.05, 0) is 19.5 Å². The van der Waals surface area contributed by atoms with Gasteiger partial charge in [-0.25, -0.2) is 8.42 Å². The molecule has 5 heteroatoms. The van der Waals surface area contributed by atoms with E-state index < -0.39 is 9.84 Å². The number of nitrogens with one attached hydrogen (secondary N) is 1. The van der Waals surface area contributed by atoms with Crippen molar-refractivity contribution in [2.24, 2.45) is 0 Å². The zero-order valence-corrected chi connectivity index (χ0v) is 11.6. The smallest absolute Gasteiger partial charge is 0.151 e. The van der Waals surface area contributed by atoms with Crippen LogP contribution in [0, 0.1) is 0 Å². The van der Waals surface area contributed by atoms with Crippen LogP contribution in [0.2, 0.25) is 0 Å². The molecule has 16 heavy (non-hydrogen) atoms. The molecule has 4 nitrogen and oxygen atoms in total. The molecule has 0 amide bonds. The number of nitrogens with zero attached hydrogens (tertiary/aromatic N) is 1.